The molecule has 7 fully saturated rings. The highest BCUT2D eigenvalue weighted by Gasteiger charge is 2.59. The van der Waals surface area contributed by atoms with E-state index >= 15 is 8.78 Å². The maximum atomic E-state index is 16.9. The Morgan fingerprint density at radius 1 is 1.02 bits per heavy atom. The van der Waals surface area contributed by atoms with E-state index in [1.54, 1.807) is 9.80 Å². The Balaban J connectivity index is 1.26. The van der Waals surface area contributed by atoms with Gasteiger partial charge in [0.15, 0.2) is 0 Å². The number of nitrogens with one attached hydrogen (secondary N) is 3. The third-order valence-electron chi connectivity index (χ3n) is 12.9. The maximum Gasteiger partial charge on any atom is 0.410 e. The summed E-state index contributed by atoms with van der Waals surface area (Å²) in [5, 5.41) is 22.3. The number of piperidine rings is 2. The third kappa shape index (κ3) is 7.88. The standard InChI is InChI=1S/C38H62F2N6O7/c1-19(2)29-31-22(12-13-41-29)32(52-35(48)21-10-11-21)26(47)18-51-27-9-7-8-24(39)28(27)30-25(40)16-23-33(43-36(49)46(31)34(23)42-30)45-15-14-44(17-20(45)3)37(50)53-38(4,5)6/h19-34,41-42,47H,7-18H2,1-6H3,(H,43,49)/t20-,22?,23?,24?,25?,26?,27?,28?,29?,30?,31?,32?,33?,34?/m0/s1. The summed E-state index contributed by atoms with van der Waals surface area (Å²) in [7, 11) is 0. The highest BCUT2D eigenvalue weighted by molar-refractivity contribution is 5.77. The van der Waals surface area contributed by atoms with Crippen molar-refractivity contribution in [2.45, 2.75) is 159 Å². The van der Waals surface area contributed by atoms with Gasteiger partial charge in [0, 0.05) is 55.5 Å². The van der Waals surface area contributed by atoms with E-state index in [1.807, 2.05) is 27.7 Å². The van der Waals surface area contributed by atoms with Gasteiger partial charge in [0.1, 0.15) is 30.2 Å². The average Bonchev–Trinajstić information content (AvgIpc) is 3.94. The van der Waals surface area contributed by atoms with Crippen molar-refractivity contribution in [2.24, 2.45) is 29.6 Å². The first-order valence-corrected chi connectivity index (χ1v) is 20.2. The minimum Gasteiger partial charge on any atom is -0.459 e. The van der Waals surface area contributed by atoms with E-state index in [0.29, 0.717) is 45.4 Å². The molecule has 53 heavy (non-hydrogen) atoms. The Morgan fingerprint density at radius 3 is 2.45 bits per heavy atom. The molecular weight excluding hydrogens is 690 g/mol. The number of ether oxygens (including phenoxy) is 3. The van der Waals surface area contributed by atoms with Crippen molar-refractivity contribution in [1.82, 2.24) is 30.7 Å². The predicted molar refractivity (Wildman–Crippen MR) is 191 cm³/mol. The van der Waals surface area contributed by atoms with Crippen molar-refractivity contribution in [3.63, 3.8) is 0 Å². The molecular formula is C38H62F2N6O7. The van der Waals surface area contributed by atoms with Crippen LogP contribution >= 0.6 is 0 Å². The second kappa shape index (κ2) is 15.3. The van der Waals surface area contributed by atoms with Crippen LogP contribution in [0.3, 0.4) is 0 Å². The normalized spacial score (nSPS) is 42.7. The van der Waals surface area contributed by atoms with Crippen LogP contribution < -0.4 is 16.0 Å². The zero-order chi connectivity index (χ0) is 37.9. The number of piperazine rings is 1. The number of amides is 3. The molecule has 7 aliphatic rings. The first-order valence-electron chi connectivity index (χ1n) is 20.2. The number of alkyl halides is 2. The second-order valence-corrected chi connectivity index (χ2v) is 18.2. The molecule has 7 rings (SSSR count). The van der Waals surface area contributed by atoms with Crippen molar-refractivity contribution >= 4 is 18.1 Å². The molecule has 5 aliphatic heterocycles. The number of aliphatic hydroxyl groups excluding tert-OH is 1. The van der Waals surface area contributed by atoms with Gasteiger partial charge < -0.3 is 39.8 Å². The van der Waals surface area contributed by atoms with Crippen molar-refractivity contribution in [1.29, 1.82) is 0 Å². The number of carbonyl (C=O) groups excluding carboxylic acids is 3. The van der Waals surface area contributed by atoms with Crippen LogP contribution in [-0.2, 0) is 19.0 Å². The molecule has 300 valence electrons. The fraction of sp³-hybridized carbons (Fsp3) is 0.921. The number of hydrogen-bond acceptors (Lipinski definition) is 10. The van der Waals surface area contributed by atoms with Crippen LogP contribution in [0.5, 0.6) is 0 Å². The topological polar surface area (TPSA) is 145 Å². The Hall–Kier alpha value is -2.33. The number of hydrogen-bond donors (Lipinski definition) is 4. The lowest BCUT2D eigenvalue weighted by Crippen LogP contribution is -2.80. The minimum atomic E-state index is -1.43. The zero-order valence-corrected chi connectivity index (χ0v) is 32.2. The zero-order valence-electron chi connectivity index (χ0n) is 32.2. The molecule has 3 amide bonds. The SMILES string of the molecule is CC(C)C1NCCC2C(OC(=O)C3CC3)C(O)COC3CCCC(F)C3C3NC4C(CC3F)C(N3CCN(C(=O)OC(C)(C)C)C[C@@H]3C)NC(=O)N4C21. The van der Waals surface area contributed by atoms with Gasteiger partial charge in [-0.3, -0.25) is 15.0 Å². The molecule has 4 N–H and O–H groups in total. The van der Waals surface area contributed by atoms with E-state index in [9.17, 15) is 19.5 Å². The van der Waals surface area contributed by atoms with Crippen molar-refractivity contribution in [3.8, 4) is 0 Å². The van der Waals surface area contributed by atoms with Crippen LogP contribution in [0.2, 0.25) is 0 Å². The van der Waals surface area contributed by atoms with E-state index in [1.165, 1.54) is 0 Å². The molecule has 2 bridgehead atoms. The number of fused-ring (bicyclic) bond motifs is 5. The molecule has 13 unspecified atom stereocenters. The van der Waals surface area contributed by atoms with E-state index in [-0.39, 0.29) is 55.4 Å². The quantitative estimate of drug-likeness (QED) is 0.317. The van der Waals surface area contributed by atoms with Gasteiger partial charge in [-0.1, -0.05) is 13.8 Å². The molecule has 0 aromatic rings. The van der Waals surface area contributed by atoms with Gasteiger partial charge in [0.25, 0.3) is 0 Å². The molecule has 2 saturated carbocycles. The number of nitrogens with zero attached hydrogens (tertiary/aromatic N) is 3. The van der Waals surface area contributed by atoms with Crippen LogP contribution in [0.4, 0.5) is 18.4 Å². The summed E-state index contributed by atoms with van der Waals surface area (Å²) in [6, 6.07) is -2.25. The van der Waals surface area contributed by atoms with Gasteiger partial charge >= 0.3 is 18.1 Å². The summed E-state index contributed by atoms with van der Waals surface area (Å²) in [5.41, 5.74) is -0.641. The molecule has 13 nitrogen and oxygen atoms in total. The number of esters is 1. The molecule has 14 atom stereocenters. The second-order valence-electron chi connectivity index (χ2n) is 18.2. The highest BCUT2D eigenvalue weighted by atomic mass is 19.1. The predicted octanol–water partition coefficient (Wildman–Crippen LogP) is 3.14. The lowest BCUT2D eigenvalue weighted by molar-refractivity contribution is -0.181. The van der Waals surface area contributed by atoms with Gasteiger partial charge in [-0.2, -0.15) is 0 Å². The molecule has 2 aliphatic carbocycles. The molecule has 0 aromatic carbocycles. The highest BCUT2D eigenvalue weighted by Crippen LogP contribution is 2.44. The van der Waals surface area contributed by atoms with E-state index < -0.39 is 84.5 Å². The van der Waals surface area contributed by atoms with Crippen molar-refractivity contribution < 1.29 is 42.5 Å². The first-order chi connectivity index (χ1) is 25.1. The molecule has 0 radical (unpaired) electrons. The van der Waals surface area contributed by atoms with Crippen LogP contribution in [0.15, 0.2) is 0 Å². The number of carbonyl (C=O) groups is 3. The Labute approximate surface area is 312 Å². The average molecular weight is 753 g/mol. The summed E-state index contributed by atoms with van der Waals surface area (Å²) in [6.07, 6.45) is -3.80. The van der Waals surface area contributed by atoms with Crippen LogP contribution in [0.25, 0.3) is 0 Å². The lowest BCUT2D eigenvalue weighted by atomic mass is 9.71. The monoisotopic (exact) mass is 752 g/mol. The fourth-order valence-electron chi connectivity index (χ4n) is 10.3. The number of urea groups is 1. The molecule has 0 spiro atoms. The fourth-order valence-corrected chi connectivity index (χ4v) is 10.3. The number of rotatable bonds is 4. The van der Waals surface area contributed by atoms with Crippen LogP contribution in [0, 0.1) is 29.6 Å². The summed E-state index contributed by atoms with van der Waals surface area (Å²) in [5.74, 6) is -2.25. The number of halogens is 2. The Bertz CT molecular complexity index is 1350. The van der Waals surface area contributed by atoms with Crippen molar-refractivity contribution in [2.75, 3.05) is 32.8 Å². The molecule has 5 saturated heterocycles. The largest absolute Gasteiger partial charge is 0.459 e. The van der Waals surface area contributed by atoms with Gasteiger partial charge in [0.2, 0.25) is 0 Å². The van der Waals surface area contributed by atoms with Crippen LogP contribution in [0.1, 0.15) is 86.5 Å². The molecule has 5 heterocycles. The van der Waals surface area contributed by atoms with Gasteiger partial charge in [-0.15, -0.1) is 0 Å². The van der Waals surface area contributed by atoms with Crippen molar-refractivity contribution in [3.05, 3.63) is 0 Å². The van der Waals surface area contributed by atoms with E-state index in [0.717, 1.165) is 12.8 Å². The van der Waals surface area contributed by atoms with Crippen LogP contribution in [-0.4, -0.2) is 143 Å². The molecule has 15 heteroatoms. The summed E-state index contributed by atoms with van der Waals surface area (Å²) >= 11 is 0. The lowest BCUT2D eigenvalue weighted by Gasteiger charge is -2.60. The Morgan fingerprint density at radius 2 is 1.77 bits per heavy atom. The van der Waals surface area contributed by atoms with Gasteiger partial charge in [-0.05, 0) is 85.1 Å². The number of aliphatic hydroxyl groups is 1. The summed E-state index contributed by atoms with van der Waals surface area (Å²) in [6.45, 7) is 13.2. The van der Waals surface area contributed by atoms with Gasteiger partial charge in [-0.25, -0.2) is 18.4 Å². The molecule has 0 aromatic heterocycles. The summed E-state index contributed by atoms with van der Waals surface area (Å²) < 4.78 is 51.2. The maximum absolute atomic E-state index is 16.9. The Kier molecular flexibility index (Phi) is 11.2. The summed E-state index contributed by atoms with van der Waals surface area (Å²) in [4.78, 5) is 46.8. The minimum absolute atomic E-state index is 0.0417. The first kappa shape index (κ1) is 38.9. The van der Waals surface area contributed by atoms with Gasteiger partial charge in [0.05, 0.1) is 37.0 Å². The van der Waals surface area contributed by atoms with E-state index in [4.69, 9.17) is 14.2 Å². The van der Waals surface area contributed by atoms with E-state index in [2.05, 4.69) is 34.7 Å². The third-order valence-corrected chi connectivity index (χ3v) is 12.9. The smallest absolute Gasteiger partial charge is 0.410 e.